The number of nitrogens with one attached hydrogen (secondary N) is 1. The molecule has 0 aliphatic carbocycles. The van der Waals surface area contributed by atoms with Gasteiger partial charge in [-0.05, 0) is 36.8 Å². The number of rotatable bonds is 2. The van der Waals surface area contributed by atoms with Gasteiger partial charge in [0.2, 0.25) is 0 Å². The molecule has 23 heavy (non-hydrogen) atoms. The maximum absolute atomic E-state index is 13.1. The van der Waals surface area contributed by atoms with Crippen LogP contribution in [0.15, 0.2) is 54.7 Å². The monoisotopic (exact) mass is 304 g/mol. The van der Waals surface area contributed by atoms with Crippen molar-refractivity contribution < 1.29 is 4.39 Å². The predicted molar refractivity (Wildman–Crippen MR) is 87.3 cm³/mol. The van der Waals surface area contributed by atoms with Crippen molar-refractivity contribution in [2.24, 2.45) is 0 Å². The maximum atomic E-state index is 13.1. The number of H-pyrrole nitrogens is 1. The Morgan fingerprint density at radius 3 is 2.57 bits per heavy atom. The third-order valence-corrected chi connectivity index (χ3v) is 3.82. The van der Waals surface area contributed by atoms with Gasteiger partial charge in [-0.1, -0.05) is 24.3 Å². The van der Waals surface area contributed by atoms with E-state index in [0.717, 1.165) is 22.4 Å². The summed E-state index contributed by atoms with van der Waals surface area (Å²) >= 11 is 0. The number of aryl methyl sites for hydroxylation is 1. The van der Waals surface area contributed by atoms with Crippen LogP contribution in [0.1, 0.15) is 5.56 Å². The summed E-state index contributed by atoms with van der Waals surface area (Å²) in [4.78, 5) is 9.03. The first-order valence-electron chi connectivity index (χ1n) is 7.25. The number of halogens is 1. The maximum Gasteiger partial charge on any atom is 0.200 e. The van der Waals surface area contributed by atoms with Crippen LogP contribution in [-0.4, -0.2) is 20.2 Å². The largest absolute Gasteiger partial charge is 0.273 e. The standard InChI is InChI=1S/C18H13FN4/c1-11-4-2-3-5-14(11)16-17-18(23-22-16)20-10-15(21-17)12-6-8-13(19)9-7-12/h2-10H,1H3,(H,20,22,23). The Hall–Kier alpha value is -3.08. The first kappa shape index (κ1) is 13.6. The second kappa shape index (κ2) is 5.28. The van der Waals surface area contributed by atoms with E-state index in [1.165, 1.54) is 12.1 Å². The molecule has 4 aromatic rings. The fraction of sp³-hybridized carbons (Fsp3) is 0.0556. The molecule has 0 radical (unpaired) electrons. The topological polar surface area (TPSA) is 54.5 Å². The van der Waals surface area contributed by atoms with Gasteiger partial charge in [0.1, 0.15) is 11.3 Å². The molecule has 2 aromatic heterocycles. The summed E-state index contributed by atoms with van der Waals surface area (Å²) in [7, 11) is 0. The molecule has 0 aliphatic rings. The highest BCUT2D eigenvalue weighted by Gasteiger charge is 2.13. The van der Waals surface area contributed by atoms with E-state index < -0.39 is 0 Å². The minimum Gasteiger partial charge on any atom is -0.273 e. The Bertz CT molecular complexity index is 990. The van der Waals surface area contributed by atoms with E-state index in [2.05, 4.69) is 20.2 Å². The van der Waals surface area contributed by atoms with Crippen LogP contribution in [0, 0.1) is 12.7 Å². The van der Waals surface area contributed by atoms with E-state index >= 15 is 0 Å². The Labute approximate surface area is 132 Å². The molecule has 0 amide bonds. The molecule has 4 rings (SSSR count). The van der Waals surface area contributed by atoms with Gasteiger partial charge >= 0.3 is 0 Å². The minimum atomic E-state index is -0.272. The van der Waals surface area contributed by atoms with Crippen LogP contribution in [0.3, 0.4) is 0 Å². The van der Waals surface area contributed by atoms with E-state index in [1.807, 2.05) is 31.2 Å². The fourth-order valence-corrected chi connectivity index (χ4v) is 2.59. The van der Waals surface area contributed by atoms with Crippen molar-refractivity contribution >= 4 is 11.2 Å². The second-order valence-electron chi connectivity index (χ2n) is 5.35. The number of hydrogen-bond donors (Lipinski definition) is 1. The summed E-state index contributed by atoms with van der Waals surface area (Å²) in [6, 6.07) is 14.3. The van der Waals surface area contributed by atoms with E-state index in [9.17, 15) is 4.39 Å². The van der Waals surface area contributed by atoms with E-state index in [0.29, 0.717) is 16.9 Å². The lowest BCUT2D eigenvalue weighted by atomic mass is 10.1. The molecule has 0 fully saturated rings. The Balaban J connectivity index is 1.90. The van der Waals surface area contributed by atoms with Gasteiger partial charge in [-0.3, -0.25) is 5.10 Å². The van der Waals surface area contributed by atoms with Gasteiger partial charge in [-0.25, -0.2) is 14.4 Å². The highest BCUT2D eigenvalue weighted by Crippen LogP contribution is 2.28. The van der Waals surface area contributed by atoms with Crippen LogP contribution >= 0.6 is 0 Å². The number of hydrogen-bond acceptors (Lipinski definition) is 3. The molecule has 2 aromatic carbocycles. The zero-order valence-electron chi connectivity index (χ0n) is 12.4. The Morgan fingerprint density at radius 2 is 1.78 bits per heavy atom. The molecule has 1 N–H and O–H groups in total. The van der Waals surface area contributed by atoms with Crippen molar-refractivity contribution in [3.8, 4) is 22.5 Å². The van der Waals surface area contributed by atoms with Crippen molar-refractivity contribution in [1.82, 2.24) is 20.2 Å². The average Bonchev–Trinajstić information content (AvgIpc) is 2.99. The molecule has 0 aliphatic heterocycles. The Morgan fingerprint density at radius 1 is 1.00 bits per heavy atom. The molecule has 0 bridgehead atoms. The number of aromatic amines is 1. The SMILES string of the molecule is Cc1ccccc1-c1[nH]nc2ncc(-c3ccc(F)cc3)nc12. The molecule has 112 valence electrons. The molecule has 5 heteroatoms. The normalized spacial score (nSPS) is 11.0. The van der Waals surface area contributed by atoms with E-state index in [4.69, 9.17) is 0 Å². The molecular formula is C18H13FN4. The van der Waals surface area contributed by atoms with Crippen molar-refractivity contribution in [3.63, 3.8) is 0 Å². The number of fused-ring (bicyclic) bond motifs is 1. The van der Waals surface area contributed by atoms with Crippen molar-refractivity contribution in [3.05, 3.63) is 66.1 Å². The zero-order valence-corrected chi connectivity index (χ0v) is 12.4. The first-order valence-corrected chi connectivity index (χ1v) is 7.25. The zero-order chi connectivity index (χ0) is 15.8. The molecule has 2 heterocycles. The summed E-state index contributed by atoms with van der Waals surface area (Å²) in [5.41, 5.74) is 5.80. The summed E-state index contributed by atoms with van der Waals surface area (Å²) in [5, 5.41) is 7.25. The van der Waals surface area contributed by atoms with Crippen LogP contribution in [-0.2, 0) is 0 Å². The van der Waals surface area contributed by atoms with Gasteiger partial charge < -0.3 is 0 Å². The molecule has 0 saturated carbocycles. The highest BCUT2D eigenvalue weighted by atomic mass is 19.1. The molecule has 0 unspecified atom stereocenters. The summed E-state index contributed by atoms with van der Waals surface area (Å²) in [6.45, 7) is 2.04. The number of aromatic nitrogens is 4. The summed E-state index contributed by atoms with van der Waals surface area (Å²) < 4.78 is 13.1. The predicted octanol–water partition coefficient (Wildman–Crippen LogP) is 4.13. The summed E-state index contributed by atoms with van der Waals surface area (Å²) in [5.74, 6) is -0.272. The average molecular weight is 304 g/mol. The van der Waals surface area contributed by atoms with Crippen LogP contribution in [0.4, 0.5) is 4.39 Å². The van der Waals surface area contributed by atoms with Crippen LogP contribution in [0.25, 0.3) is 33.7 Å². The lowest BCUT2D eigenvalue weighted by Crippen LogP contribution is -1.89. The van der Waals surface area contributed by atoms with Crippen LogP contribution in [0.5, 0.6) is 0 Å². The van der Waals surface area contributed by atoms with Crippen LogP contribution < -0.4 is 0 Å². The molecule has 0 spiro atoms. The first-order chi connectivity index (χ1) is 11.2. The van der Waals surface area contributed by atoms with Gasteiger partial charge in [0.25, 0.3) is 0 Å². The van der Waals surface area contributed by atoms with Gasteiger partial charge in [0.05, 0.1) is 17.6 Å². The second-order valence-corrected chi connectivity index (χ2v) is 5.35. The third kappa shape index (κ3) is 2.36. The molecular weight excluding hydrogens is 291 g/mol. The minimum absolute atomic E-state index is 0.272. The van der Waals surface area contributed by atoms with Crippen LogP contribution in [0.2, 0.25) is 0 Å². The lowest BCUT2D eigenvalue weighted by Gasteiger charge is -2.04. The van der Waals surface area contributed by atoms with Gasteiger partial charge in [0, 0.05) is 11.1 Å². The summed E-state index contributed by atoms with van der Waals surface area (Å²) in [6.07, 6.45) is 1.65. The Kier molecular flexibility index (Phi) is 3.12. The van der Waals surface area contributed by atoms with Gasteiger partial charge in [-0.2, -0.15) is 5.10 Å². The smallest absolute Gasteiger partial charge is 0.200 e. The van der Waals surface area contributed by atoms with Gasteiger partial charge in [-0.15, -0.1) is 0 Å². The quantitative estimate of drug-likeness (QED) is 0.605. The van der Waals surface area contributed by atoms with Crippen molar-refractivity contribution in [1.29, 1.82) is 0 Å². The van der Waals surface area contributed by atoms with Crippen molar-refractivity contribution in [2.75, 3.05) is 0 Å². The molecule has 0 atom stereocenters. The number of nitrogens with zero attached hydrogens (tertiary/aromatic N) is 3. The lowest BCUT2D eigenvalue weighted by molar-refractivity contribution is 0.628. The highest BCUT2D eigenvalue weighted by molar-refractivity contribution is 5.89. The van der Waals surface area contributed by atoms with E-state index in [1.54, 1.807) is 18.3 Å². The van der Waals surface area contributed by atoms with Gasteiger partial charge in [0.15, 0.2) is 5.65 Å². The molecule has 0 saturated heterocycles. The fourth-order valence-electron chi connectivity index (χ4n) is 2.59. The third-order valence-electron chi connectivity index (χ3n) is 3.82. The number of benzene rings is 2. The van der Waals surface area contributed by atoms with Crippen molar-refractivity contribution in [2.45, 2.75) is 6.92 Å². The molecule has 4 nitrogen and oxygen atoms in total. The van der Waals surface area contributed by atoms with E-state index in [-0.39, 0.29) is 5.82 Å².